The van der Waals surface area contributed by atoms with Crippen LogP contribution >= 0.6 is 0 Å². The largest absolute Gasteiger partial charge is 0.390 e. The Kier molecular flexibility index (Phi) is 3.73. The van der Waals surface area contributed by atoms with Gasteiger partial charge >= 0.3 is 0 Å². The number of aromatic nitrogens is 4. The molecule has 26 heavy (non-hydrogen) atoms. The van der Waals surface area contributed by atoms with Gasteiger partial charge in [0, 0.05) is 5.92 Å². The molecule has 4 rings (SSSR count). The molecule has 2 aliphatic carbocycles. The van der Waals surface area contributed by atoms with Gasteiger partial charge in [-0.3, -0.25) is 19.9 Å². The number of anilines is 1. The van der Waals surface area contributed by atoms with Gasteiger partial charge in [0.05, 0.1) is 18.0 Å². The molecule has 140 valence electrons. The minimum atomic E-state index is -0.496. The van der Waals surface area contributed by atoms with E-state index in [-0.39, 0.29) is 29.2 Å². The lowest BCUT2D eigenvalue weighted by Gasteiger charge is -2.25. The van der Waals surface area contributed by atoms with Crippen LogP contribution in [0.3, 0.4) is 0 Å². The molecule has 8 nitrogen and oxygen atoms in total. The number of H-pyrrole nitrogens is 1. The van der Waals surface area contributed by atoms with Crippen LogP contribution < -0.4 is 10.9 Å². The zero-order chi connectivity index (χ0) is 18.8. The third-order valence-corrected chi connectivity index (χ3v) is 6.32. The number of hydrogen-bond acceptors (Lipinski definition) is 5. The molecule has 2 saturated carbocycles. The maximum atomic E-state index is 12.4. The van der Waals surface area contributed by atoms with Crippen LogP contribution in [0.25, 0.3) is 11.2 Å². The van der Waals surface area contributed by atoms with Crippen molar-refractivity contribution in [3.63, 3.8) is 0 Å². The molecule has 0 bridgehead atoms. The SMILES string of the molecule is CC[C@@H]1[C@@H](C)[C@@H](O)[C@@]2(n3cnc4c(=O)[nH]c(NC(=O)C(C)C)nc43)C[C@@H]12. The van der Waals surface area contributed by atoms with Crippen molar-refractivity contribution < 1.29 is 9.90 Å². The van der Waals surface area contributed by atoms with Crippen LogP contribution in [0.1, 0.15) is 40.5 Å². The number of aromatic amines is 1. The summed E-state index contributed by atoms with van der Waals surface area (Å²) in [7, 11) is 0. The molecule has 2 aromatic heterocycles. The smallest absolute Gasteiger partial charge is 0.280 e. The number of fused-ring (bicyclic) bond motifs is 2. The topological polar surface area (TPSA) is 113 Å². The van der Waals surface area contributed by atoms with Gasteiger partial charge in [0.15, 0.2) is 11.2 Å². The minimum Gasteiger partial charge on any atom is -0.390 e. The molecular weight excluding hydrogens is 334 g/mol. The number of aliphatic hydroxyl groups excluding tert-OH is 1. The van der Waals surface area contributed by atoms with E-state index in [2.05, 4.69) is 34.1 Å². The molecule has 0 unspecified atom stereocenters. The fourth-order valence-corrected chi connectivity index (χ4v) is 4.82. The van der Waals surface area contributed by atoms with Crippen LogP contribution in [0, 0.1) is 23.7 Å². The highest BCUT2D eigenvalue weighted by molar-refractivity contribution is 5.91. The lowest BCUT2D eigenvalue weighted by atomic mass is 9.89. The maximum Gasteiger partial charge on any atom is 0.280 e. The second-order valence-electron chi connectivity index (χ2n) is 8.02. The molecule has 8 heteroatoms. The van der Waals surface area contributed by atoms with E-state index in [9.17, 15) is 14.7 Å². The molecular formula is C18H25N5O3. The highest BCUT2D eigenvalue weighted by Gasteiger charge is 2.70. The number of aliphatic hydroxyl groups is 1. The number of nitrogens with zero attached hydrogens (tertiary/aromatic N) is 3. The molecule has 1 amide bonds. The number of hydrogen-bond donors (Lipinski definition) is 3. The predicted octanol–water partition coefficient (Wildman–Crippen LogP) is 1.47. The summed E-state index contributed by atoms with van der Waals surface area (Å²) in [5, 5.41) is 13.6. The Labute approximate surface area is 151 Å². The summed E-state index contributed by atoms with van der Waals surface area (Å²) in [6, 6.07) is 0. The Morgan fingerprint density at radius 3 is 2.88 bits per heavy atom. The van der Waals surface area contributed by atoms with Crippen molar-refractivity contribution in [1.29, 1.82) is 0 Å². The van der Waals surface area contributed by atoms with Crippen molar-refractivity contribution in [2.24, 2.45) is 23.7 Å². The van der Waals surface area contributed by atoms with Crippen molar-refractivity contribution in [2.75, 3.05) is 5.32 Å². The average molecular weight is 359 g/mol. The van der Waals surface area contributed by atoms with Crippen LogP contribution in [0.5, 0.6) is 0 Å². The van der Waals surface area contributed by atoms with E-state index in [1.54, 1.807) is 20.2 Å². The first kappa shape index (κ1) is 17.2. The third kappa shape index (κ3) is 2.17. The number of nitrogens with one attached hydrogen (secondary N) is 2. The highest BCUT2D eigenvalue weighted by Crippen LogP contribution is 2.67. The first-order valence-corrected chi connectivity index (χ1v) is 9.28. The van der Waals surface area contributed by atoms with Gasteiger partial charge in [-0.15, -0.1) is 0 Å². The van der Waals surface area contributed by atoms with E-state index >= 15 is 0 Å². The van der Waals surface area contributed by atoms with E-state index in [0.29, 0.717) is 17.5 Å². The van der Waals surface area contributed by atoms with Gasteiger partial charge in [0.25, 0.3) is 5.56 Å². The van der Waals surface area contributed by atoms with Gasteiger partial charge in [-0.25, -0.2) is 4.98 Å². The van der Waals surface area contributed by atoms with Gasteiger partial charge in [-0.2, -0.15) is 4.98 Å². The molecule has 2 aromatic rings. The van der Waals surface area contributed by atoms with Crippen molar-refractivity contribution >= 4 is 23.0 Å². The summed E-state index contributed by atoms with van der Waals surface area (Å²) in [6.07, 6.45) is 2.99. The summed E-state index contributed by atoms with van der Waals surface area (Å²) < 4.78 is 1.87. The Bertz CT molecular complexity index is 933. The summed E-state index contributed by atoms with van der Waals surface area (Å²) in [6.45, 7) is 7.77. The summed E-state index contributed by atoms with van der Waals surface area (Å²) >= 11 is 0. The monoisotopic (exact) mass is 359 g/mol. The van der Waals surface area contributed by atoms with Gasteiger partial charge in [0.1, 0.15) is 0 Å². The van der Waals surface area contributed by atoms with Crippen molar-refractivity contribution in [3.8, 4) is 0 Å². The second-order valence-corrected chi connectivity index (χ2v) is 8.02. The van der Waals surface area contributed by atoms with Crippen LogP contribution in [-0.2, 0) is 10.3 Å². The maximum absolute atomic E-state index is 12.4. The second kappa shape index (κ2) is 5.64. The summed E-state index contributed by atoms with van der Waals surface area (Å²) in [4.78, 5) is 35.6. The Hall–Kier alpha value is -2.22. The number of amides is 1. The van der Waals surface area contributed by atoms with Crippen molar-refractivity contribution in [2.45, 2.75) is 52.2 Å². The molecule has 2 aliphatic rings. The van der Waals surface area contributed by atoms with Crippen LogP contribution in [0.15, 0.2) is 11.1 Å². The van der Waals surface area contributed by atoms with Gasteiger partial charge in [-0.05, 0) is 24.2 Å². The highest BCUT2D eigenvalue weighted by atomic mass is 16.3. The summed E-state index contributed by atoms with van der Waals surface area (Å²) in [5.74, 6) is 0.674. The zero-order valence-electron chi connectivity index (χ0n) is 15.5. The standard InChI is InChI=1S/C18H25N5O3/c1-5-10-9(4)13(24)18(6-11(10)18)23-7-19-12-14(23)20-17(22-16(12)26)21-15(25)8(2)3/h7-11,13,24H,5-6H2,1-4H3,(H2,20,21,22,25,26)/t9-,10-,11+,13-,18-/m1/s1. The van der Waals surface area contributed by atoms with E-state index < -0.39 is 17.2 Å². The van der Waals surface area contributed by atoms with E-state index in [4.69, 9.17) is 0 Å². The van der Waals surface area contributed by atoms with E-state index in [0.717, 1.165) is 12.8 Å². The molecule has 2 fully saturated rings. The molecule has 0 saturated heterocycles. The number of imidazole rings is 1. The minimum absolute atomic E-state index is 0.115. The number of rotatable bonds is 4. The molecule has 0 aliphatic heterocycles. The fraction of sp³-hybridized carbons (Fsp3) is 0.667. The summed E-state index contributed by atoms with van der Waals surface area (Å²) in [5.41, 5.74) is -0.186. The molecule has 5 atom stereocenters. The van der Waals surface area contributed by atoms with E-state index in [1.807, 2.05) is 4.57 Å². The van der Waals surface area contributed by atoms with Crippen LogP contribution in [-0.4, -0.2) is 36.6 Å². The van der Waals surface area contributed by atoms with Gasteiger partial charge in [-0.1, -0.05) is 34.1 Å². The Morgan fingerprint density at radius 1 is 1.54 bits per heavy atom. The van der Waals surface area contributed by atoms with Crippen LogP contribution in [0.2, 0.25) is 0 Å². The number of carbonyl (C=O) groups is 1. The first-order valence-electron chi connectivity index (χ1n) is 9.28. The van der Waals surface area contributed by atoms with Crippen molar-refractivity contribution in [3.05, 3.63) is 16.7 Å². The Balaban J connectivity index is 1.79. The van der Waals surface area contributed by atoms with Gasteiger partial charge < -0.3 is 9.67 Å². The predicted molar refractivity (Wildman–Crippen MR) is 96.6 cm³/mol. The molecule has 0 aromatic carbocycles. The van der Waals surface area contributed by atoms with Gasteiger partial charge in [0.2, 0.25) is 11.9 Å². The quantitative estimate of drug-likeness (QED) is 0.765. The molecule has 2 heterocycles. The lowest BCUT2D eigenvalue weighted by molar-refractivity contribution is -0.118. The van der Waals surface area contributed by atoms with Crippen LogP contribution in [0.4, 0.5) is 5.95 Å². The Morgan fingerprint density at radius 2 is 2.27 bits per heavy atom. The third-order valence-electron chi connectivity index (χ3n) is 6.32. The van der Waals surface area contributed by atoms with Crippen molar-refractivity contribution in [1.82, 2.24) is 19.5 Å². The normalized spacial score (nSPS) is 32.8. The average Bonchev–Trinajstić information content (AvgIpc) is 3.09. The number of carbonyl (C=O) groups excluding carboxylic acids is 1. The first-order chi connectivity index (χ1) is 12.3. The lowest BCUT2D eigenvalue weighted by Crippen LogP contribution is -2.34. The molecule has 0 radical (unpaired) electrons. The molecule has 3 N–H and O–H groups in total. The fourth-order valence-electron chi connectivity index (χ4n) is 4.82. The van der Waals surface area contributed by atoms with E-state index in [1.165, 1.54) is 0 Å². The zero-order valence-corrected chi connectivity index (χ0v) is 15.5. The molecule has 0 spiro atoms.